The summed E-state index contributed by atoms with van der Waals surface area (Å²) in [6.45, 7) is 3.43. The molecule has 0 spiro atoms. The number of carbonyl (C=O) groups excluding carboxylic acids is 1. The first kappa shape index (κ1) is 29.6. The molecule has 12 nitrogen and oxygen atoms in total. The van der Waals surface area contributed by atoms with Crippen molar-refractivity contribution >= 4 is 23.2 Å². The molecule has 0 bridgehead atoms. The summed E-state index contributed by atoms with van der Waals surface area (Å²) in [4.78, 5) is 37.0. The molecule has 6 heterocycles. The third kappa shape index (κ3) is 5.22. The van der Waals surface area contributed by atoms with Crippen molar-refractivity contribution in [2.75, 3.05) is 37.0 Å². The first-order valence-corrected chi connectivity index (χ1v) is 15.7. The highest BCUT2D eigenvalue weighted by Gasteiger charge is 2.54. The first-order valence-electron chi connectivity index (χ1n) is 15.7. The van der Waals surface area contributed by atoms with Crippen molar-refractivity contribution in [1.82, 2.24) is 29.1 Å². The number of fused-ring (bicyclic) bond motifs is 4. The van der Waals surface area contributed by atoms with E-state index in [-0.39, 0.29) is 29.2 Å². The molecule has 1 aliphatic carbocycles. The zero-order valence-electron chi connectivity index (χ0n) is 25.6. The molecule has 4 unspecified atom stereocenters. The largest absolute Gasteiger partial charge is 0.392 e. The van der Waals surface area contributed by atoms with Crippen LogP contribution in [0.2, 0.25) is 0 Å². The van der Waals surface area contributed by atoms with Gasteiger partial charge in [-0.25, -0.2) is 9.37 Å². The number of aliphatic hydroxyl groups is 1. The van der Waals surface area contributed by atoms with E-state index >= 15 is 4.39 Å². The third-order valence-corrected chi connectivity index (χ3v) is 9.74. The lowest BCUT2D eigenvalue weighted by Gasteiger charge is -2.36. The highest BCUT2D eigenvalue weighted by atomic mass is 19.1. The van der Waals surface area contributed by atoms with Crippen LogP contribution in [0.1, 0.15) is 36.9 Å². The van der Waals surface area contributed by atoms with E-state index in [0.29, 0.717) is 34.8 Å². The number of halogens is 1. The number of anilines is 3. The summed E-state index contributed by atoms with van der Waals surface area (Å²) in [6, 6.07) is 4.54. The second-order valence-electron chi connectivity index (χ2n) is 12.4. The molecule has 13 heteroatoms. The van der Waals surface area contributed by atoms with Crippen LogP contribution in [0.3, 0.4) is 0 Å². The summed E-state index contributed by atoms with van der Waals surface area (Å²) in [5.41, 5.74) is 2.79. The minimum Gasteiger partial charge on any atom is -0.392 e. The fraction of sp³-hybridized carbons (Fsp3) is 0.500. The van der Waals surface area contributed by atoms with Crippen LogP contribution in [0, 0.1) is 5.92 Å². The standard InChI is InChI=1S/C32H39FN8O4/c1-37-17-20(15-25(31(37)43)35-27-16-21-18-38(13-14-45-2)9-12-41(21)36-27)22-7-8-34-30(24(22)19-42)40-11-10-39-26-6-4-3-5-23(26)28(33)29(39)32(40)44/h7-8,10-11,15-17,23,26,28-29,42H,3-6,9,12-14,18-19H2,1-2H3,(H,35,36). The van der Waals surface area contributed by atoms with Gasteiger partial charge in [0, 0.05) is 87.7 Å². The number of rotatable bonds is 8. The highest BCUT2D eigenvalue weighted by molar-refractivity contribution is 6.01. The van der Waals surface area contributed by atoms with E-state index in [1.165, 1.54) is 9.47 Å². The lowest BCUT2D eigenvalue weighted by atomic mass is 9.84. The van der Waals surface area contributed by atoms with Crippen molar-refractivity contribution in [3.63, 3.8) is 0 Å². The van der Waals surface area contributed by atoms with Gasteiger partial charge in [-0.3, -0.25) is 24.1 Å². The van der Waals surface area contributed by atoms with Crippen molar-refractivity contribution in [3.8, 4) is 11.1 Å². The topological polar surface area (TPSA) is 121 Å². The molecule has 2 N–H and O–H groups in total. The van der Waals surface area contributed by atoms with Gasteiger partial charge in [0.1, 0.15) is 23.7 Å². The Labute approximate surface area is 260 Å². The molecule has 4 aliphatic rings. The van der Waals surface area contributed by atoms with Crippen molar-refractivity contribution < 1.29 is 19.0 Å². The first-order chi connectivity index (χ1) is 21.9. The number of carbonyl (C=O) groups is 1. The second kappa shape index (κ2) is 12.0. The van der Waals surface area contributed by atoms with Crippen molar-refractivity contribution in [2.45, 2.75) is 63.6 Å². The Hall–Kier alpha value is -4.07. The number of hydrogen-bond acceptors (Lipinski definition) is 9. The van der Waals surface area contributed by atoms with Gasteiger partial charge in [0.25, 0.3) is 11.5 Å². The molecule has 1 saturated heterocycles. The van der Waals surface area contributed by atoms with Gasteiger partial charge in [0.2, 0.25) is 0 Å². The summed E-state index contributed by atoms with van der Waals surface area (Å²) in [6.07, 6.45) is 9.12. The van der Waals surface area contributed by atoms with Gasteiger partial charge >= 0.3 is 0 Å². The monoisotopic (exact) mass is 618 g/mol. The number of nitrogens with zero attached hydrogens (tertiary/aromatic N) is 7. The minimum atomic E-state index is -1.25. The van der Waals surface area contributed by atoms with E-state index < -0.39 is 18.8 Å². The number of ether oxygens (including phenoxy) is 1. The number of methoxy groups -OCH3 is 1. The molecular weight excluding hydrogens is 579 g/mol. The van der Waals surface area contributed by atoms with Crippen LogP contribution in [-0.2, 0) is 36.3 Å². The number of alkyl halides is 1. The minimum absolute atomic E-state index is 0.0321. The summed E-state index contributed by atoms with van der Waals surface area (Å²) < 4.78 is 24.3. The molecule has 1 amide bonds. The zero-order valence-corrected chi connectivity index (χ0v) is 25.6. The van der Waals surface area contributed by atoms with Crippen LogP contribution in [0.5, 0.6) is 0 Å². The second-order valence-corrected chi connectivity index (χ2v) is 12.4. The number of hydrogen-bond donors (Lipinski definition) is 2. The molecule has 0 radical (unpaired) electrons. The Bertz CT molecular complexity index is 1690. The Morgan fingerprint density at radius 1 is 1.16 bits per heavy atom. The Kier molecular flexibility index (Phi) is 7.92. The Balaban J connectivity index is 1.18. The van der Waals surface area contributed by atoms with E-state index in [1.807, 2.05) is 15.6 Å². The maximum atomic E-state index is 15.7. The summed E-state index contributed by atoms with van der Waals surface area (Å²) in [5.74, 6) is 0.283. The molecule has 4 atom stereocenters. The molecule has 3 aromatic rings. The normalized spacial score (nSPS) is 24.5. The number of aromatic nitrogens is 4. The van der Waals surface area contributed by atoms with Crippen molar-refractivity contribution in [2.24, 2.45) is 13.0 Å². The Morgan fingerprint density at radius 3 is 2.82 bits per heavy atom. The molecule has 3 aliphatic heterocycles. The van der Waals surface area contributed by atoms with Crippen LogP contribution >= 0.6 is 0 Å². The predicted molar refractivity (Wildman–Crippen MR) is 166 cm³/mol. The molecule has 2 fully saturated rings. The van der Waals surface area contributed by atoms with Gasteiger partial charge < -0.3 is 24.6 Å². The number of aryl methyl sites for hydroxylation is 1. The molecule has 238 valence electrons. The number of amides is 1. The predicted octanol–water partition coefficient (Wildman–Crippen LogP) is 2.74. The quantitative estimate of drug-likeness (QED) is 0.393. The van der Waals surface area contributed by atoms with Gasteiger partial charge in [-0.05, 0) is 30.5 Å². The highest BCUT2D eigenvalue weighted by Crippen LogP contribution is 2.44. The van der Waals surface area contributed by atoms with E-state index in [4.69, 9.17) is 4.74 Å². The average molecular weight is 619 g/mol. The average Bonchev–Trinajstić information content (AvgIpc) is 3.59. The SMILES string of the molecule is COCCN1CCn2nc(Nc3cc(-c4ccnc(N5C=CN6C7CCCCC7C(F)C6C5=O)c4CO)cn(C)c3=O)cc2C1. The van der Waals surface area contributed by atoms with Crippen LogP contribution in [0.4, 0.5) is 21.7 Å². The van der Waals surface area contributed by atoms with Crippen molar-refractivity contribution in [3.05, 3.63) is 64.6 Å². The fourth-order valence-electron chi connectivity index (χ4n) is 7.48. The number of nitrogens with one attached hydrogen (secondary N) is 1. The lowest BCUT2D eigenvalue weighted by Crippen LogP contribution is -2.50. The van der Waals surface area contributed by atoms with E-state index in [1.54, 1.807) is 51.1 Å². The van der Waals surface area contributed by atoms with Gasteiger partial charge in [-0.2, -0.15) is 5.10 Å². The lowest BCUT2D eigenvalue weighted by molar-refractivity contribution is -0.123. The van der Waals surface area contributed by atoms with Gasteiger partial charge in [-0.15, -0.1) is 0 Å². The maximum Gasteiger partial charge on any atom is 0.274 e. The van der Waals surface area contributed by atoms with Gasteiger partial charge in [0.05, 0.1) is 25.5 Å². The van der Waals surface area contributed by atoms with Gasteiger partial charge in [-0.1, -0.05) is 12.8 Å². The van der Waals surface area contributed by atoms with E-state index in [0.717, 1.165) is 57.6 Å². The molecular formula is C32H39FN8O4. The summed E-state index contributed by atoms with van der Waals surface area (Å²) in [5, 5.41) is 18.5. The molecule has 1 saturated carbocycles. The fourth-order valence-corrected chi connectivity index (χ4v) is 7.48. The molecule has 0 aromatic carbocycles. The van der Waals surface area contributed by atoms with Crippen LogP contribution in [-0.4, -0.2) is 85.2 Å². The zero-order chi connectivity index (χ0) is 31.2. The van der Waals surface area contributed by atoms with Crippen LogP contribution in [0.25, 0.3) is 11.1 Å². The number of pyridine rings is 2. The van der Waals surface area contributed by atoms with Gasteiger partial charge in [0.15, 0.2) is 5.82 Å². The molecule has 45 heavy (non-hydrogen) atoms. The van der Waals surface area contributed by atoms with Crippen LogP contribution < -0.4 is 15.8 Å². The maximum absolute atomic E-state index is 15.7. The molecule has 7 rings (SSSR count). The Morgan fingerprint density at radius 2 is 2.00 bits per heavy atom. The van der Waals surface area contributed by atoms with Crippen LogP contribution in [0.15, 0.2) is 47.8 Å². The van der Waals surface area contributed by atoms with E-state index in [9.17, 15) is 14.7 Å². The number of aliphatic hydroxyl groups excluding tert-OH is 1. The van der Waals surface area contributed by atoms with Crippen molar-refractivity contribution in [1.29, 1.82) is 0 Å². The molecule has 3 aromatic heterocycles. The van der Waals surface area contributed by atoms with E-state index in [2.05, 4.69) is 20.3 Å². The summed E-state index contributed by atoms with van der Waals surface area (Å²) in [7, 11) is 3.36. The smallest absolute Gasteiger partial charge is 0.274 e. The third-order valence-electron chi connectivity index (χ3n) is 9.74. The summed E-state index contributed by atoms with van der Waals surface area (Å²) >= 11 is 0.